The largest absolute Gasteiger partial charge is 0.507 e. The molecule has 3 N–H and O–H groups in total. The molecule has 8 nitrogen and oxygen atoms in total. The molecule has 1 atom stereocenters. The van der Waals surface area contributed by atoms with E-state index < -0.39 is 28.5 Å². The molecule has 0 saturated heterocycles. The number of hydrogen-bond acceptors (Lipinski definition) is 7. The number of Topliss-reactive ketones (excluding diaryl/α,β-unsaturated/α-hetero) is 2. The van der Waals surface area contributed by atoms with Gasteiger partial charge >= 0.3 is 0 Å². The van der Waals surface area contributed by atoms with Gasteiger partial charge in [0.15, 0.2) is 17.3 Å². The first kappa shape index (κ1) is 24.4. The third-order valence-corrected chi connectivity index (χ3v) is 7.41. The molecular formula is C29H28N2O6. The highest BCUT2D eigenvalue weighted by Crippen LogP contribution is 2.57. The third-order valence-electron chi connectivity index (χ3n) is 7.41. The summed E-state index contributed by atoms with van der Waals surface area (Å²) in [6.07, 6.45) is 4.03. The summed E-state index contributed by atoms with van der Waals surface area (Å²) in [6.45, 7) is 7.26. The lowest BCUT2D eigenvalue weighted by atomic mass is 9.70. The second kappa shape index (κ2) is 8.65. The van der Waals surface area contributed by atoms with Crippen molar-refractivity contribution in [1.29, 1.82) is 0 Å². The van der Waals surface area contributed by atoms with E-state index in [9.17, 15) is 24.6 Å². The van der Waals surface area contributed by atoms with E-state index in [1.807, 2.05) is 18.3 Å². The maximum Gasteiger partial charge on any atom is 0.194 e. The van der Waals surface area contributed by atoms with Gasteiger partial charge in [0.25, 0.3) is 0 Å². The number of aryl methyl sites for hydroxylation is 1. The average Bonchev–Trinajstić information content (AvgIpc) is 3.39. The van der Waals surface area contributed by atoms with Crippen molar-refractivity contribution >= 4 is 28.3 Å². The van der Waals surface area contributed by atoms with E-state index in [0.717, 1.165) is 18.5 Å². The molecule has 1 aliphatic carbocycles. The molecule has 0 amide bonds. The van der Waals surface area contributed by atoms with E-state index in [2.05, 4.69) is 28.1 Å². The quantitative estimate of drug-likeness (QED) is 0.201. The summed E-state index contributed by atoms with van der Waals surface area (Å²) >= 11 is 0. The number of phenols is 2. The summed E-state index contributed by atoms with van der Waals surface area (Å²) in [7, 11) is 0. The monoisotopic (exact) mass is 500 g/mol. The molecular weight excluding hydrogens is 472 g/mol. The van der Waals surface area contributed by atoms with Crippen LogP contribution in [0.5, 0.6) is 17.2 Å². The maximum atomic E-state index is 13.8. The lowest BCUT2D eigenvalue weighted by Gasteiger charge is -2.29. The number of fused-ring (bicyclic) bond motifs is 4. The number of para-hydroxylation sites is 1. The van der Waals surface area contributed by atoms with E-state index in [1.165, 1.54) is 25.3 Å². The van der Waals surface area contributed by atoms with Gasteiger partial charge in [-0.1, -0.05) is 18.2 Å². The molecule has 0 radical (unpaired) electrons. The summed E-state index contributed by atoms with van der Waals surface area (Å²) in [4.78, 5) is 39.2. The van der Waals surface area contributed by atoms with Gasteiger partial charge in [-0.2, -0.15) is 0 Å². The van der Waals surface area contributed by atoms with E-state index in [4.69, 9.17) is 4.74 Å². The summed E-state index contributed by atoms with van der Waals surface area (Å²) in [5, 5.41) is 25.8. The molecule has 37 heavy (non-hydrogen) atoms. The van der Waals surface area contributed by atoms with Crippen LogP contribution in [-0.2, 0) is 21.5 Å². The molecule has 0 bridgehead atoms. The van der Waals surface area contributed by atoms with E-state index in [0.29, 0.717) is 12.2 Å². The van der Waals surface area contributed by atoms with Crippen LogP contribution in [0.15, 0.2) is 59.6 Å². The van der Waals surface area contributed by atoms with E-state index in [1.54, 1.807) is 13.8 Å². The highest BCUT2D eigenvalue weighted by molar-refractivity contribution is 6.31. The maximum absolute atomic E-state index is 13.8. The van der Waals surface area contributed by atoms with Crippen LogP contribution in [0.1, 0.15) is 48.7 Å². The highest BCUT2D eigenvalue weighted by Gasteiger charge is 2.56. The van der Waals surface area contributed by atoms with Gasteiger partial charge in [-0.3, -0.25) is 14.4 Å². The number of aromatic nitrogens is 1. The minimum Gasteiger partial charge on any atom is -0.507 e. The van der Waals surface area contributed by atoms with Gasteiger partial charge in [-0.25, -0.2) is 0 Å². The van der Waals surface area contributed by atoms with Crippen molar-refractivity contribution in [2.45, 2.75) is 46.1 Å². The van der Waals surface area contributed by atoms with Crippen LogP contribution in [0, 0.1) is 6.92 Å². The number of allylic oxidation sites excluding steroid dienone is 4. The first-order valence-electron chi connectivity index (χ1n) is 12.1. The standard InChI is InChI=1S/C29H28N2O6/c1-15-25(34)23(17(3)32)27-24(26(15)35)29(4)21(37-27)14-20(33)22(28(29)36)16(2)30-11-7-12-31-13-10-18-8-5-6-9-19(18)31/h5-6,8-10,13-14,30,34-35H,7,11-12H2,1-4H3/t29-/m0/s1. The van der Waals surface area contributed by atoms with Crippen molar-refractivity contribution in [3.05, 3.63) is 76.3 Å². The Bertz CT molecular complexity index is 1570. The van der Waals surface area contributed by atoms with Crippen LogP contribution in [0.3, 0.4) is 0 Å². The Labute approximate surface area is 213 Å². The van der Waals surface area contributed by atoms with Gasteiger partial charge < -0.3 is 24.8 Å². The molecule has 0 fully saturated rings. The zero-order valence-corrected chi connectivity index (χ0v) is 21.1. The van der Waals surface area contributed by atoms with E-state index >= 15 is 0 Å². The first-order valence-corrected chi connectivity index (χ1v) is 12.1. The SMILES string of the molecule is CC(=O)c1c(O)c(C)c(O)c2c1OC1=CC(=O)C(=C(C)NCCCn3ccc4ccccc43)C(=O)[C@@]12C. The number of ketones is 3. The van der Waals surface area contributed by atoms with Crippen LogP contribution in [0.4, 0.5) is 0 Å². The lowest BCUT2D eigenvalue weighted by Crippen LogP contribution is -2.41. The minimum absolute atomic E-state index is 0.0244. The number of aromatic hydroxyl groups is 2. The van der Waals surface area contributed by atoms with Crippen molar-refractivity contribution in [2.24, 2.45) is 0 Å². The normalized spacial score (nSPS) is 19.8. The summed E-state index contributed by atoms with van der Waals surface area (Å²) in [6, 6.07) is 10.2. The van der Waals surface area contributed by atoms with E-state index in [-0.39, 0.29) is 39.5 Å². The second-order valence-corrected chi connectivity index (χ2v) is 9.73. The predicted molar refractivity (Wildman–Crippen MR) is 138 cm³/mol. The van der Waals surface area contributed by atoms with Crippen LogP contribution in [0.25, 0.3) is 10.9 Å². The number of benzene rings is 2. The summed E-state index contributed by atoms with van der Waals surface area (Å²) in [5.41, 5.74) is 0.0619. The van der Waals surface area contributed by atoms with Gasteiger partial charge in [0.2, 0.25) is 0 Å². The Morgan fingerprint density at radius 2 is 1.84 bits per heavy atom. The van der Waals surface area contributed by atoms with Crippen LogP contribution < -0.4 is 10.1 Å². The van der Waals surface area contributed by atoms with Gasteiger partial charge in [-0.15, -0.1) is 0 Å². The molecule has 0 saturated carbocycles. The fourth-order valence-electron chi connectivity index (χ4n) is 5.31. The Balaban J connectivity index is 1.43. The summed E-state index contributed by atoms with van der Waals surface area (Å²) < 4.78 is 7.96. The van der Waals surface area contributed by atoms with Gasteiger partial charge in [0, 0.05) is 42.1 Å². The molecule has 5 rings (SSSR count). The molecule has 2 aliphatic rings. The van der Waals surface area contributed by atoms with Crippen molar-refractivity contribution in [3.63, 3.8) is 0 Å². The number of hydrogen-bond donors (Lipinski definition) is 3. The fourth-order valence-corrected chi connectivity index (χ4v) is 5.31. The highest BCUT2D eigenvalue weighted by atomic mass is 16.5. The topological polar surface area (TPSA) is 118 Å². The Hall–Kier alpha value is -4.33. The third kappa shape index (κ3) is 3.55. The summed E-state index contributed by atoms with van der Waals surface area (Å²) in [5.74, 6) is -2.35. The number of phenolic OH excluding ortho intramolecular Hbond substituents is 2. The van der Waals surface area contributed by atoms with Crippen molar-refractivity contribution in [3.8, 4) is 17.2 Å². The van der Waals surface area contributed by atoms with Crippen LogP contribution in [0.2, 0.25) is 0 Å². The number of nitrogens with one attached hydrogen (secondary N) is 1. The number of nitrogens with zero attached hydrogens (tertiary/aromatic N) is 1. The van der Waals surface area contributed by atoms with Crippen molar-refractivity contribution < 1.29 is 29.3 Å². The minimum atomic E-state index is -1.52. The predicted octanol–water partition coefficient (Wildman–Crippen LogP) is 4.20. The Kier molecular flexibility index (Phi) is 5.70. The van der Waals surface area contributed by atoms with Gasteiger partial charge in [0.05, 0.1) is 11.1 Å². The van der Waals surface area contributed by atoms with Crippen LogP contribution >= 0.6 is 0 Å². The first-order chi connectivity index (χ1) is 17.6. The van der Waals surface area contributed by atoms with Crippen LogP contribution in [-0.4, -0.2) is 38.7 Å². The molecule has 8 heteroatoms. The number of rotatable bonds is 6. The molecule has 3 aromatic rings. The molecule has 190 valence electrons. The number of ether oxygens (including phenoxy) is 1. The fraction of sp³-hybridized carbons (Fsp3) is 0.276. The molecule has 1 aliphatic heterocycles. The molecule has 0 spiro atoms. The van der Waals surface area contributed by atoms with Gasteiger partial charge in [-0.05, 0) is 51.6 Å². The molecule has 1 aromatic heterocycles. The van der Waals surface area contributed by atoms with Crippen molar-refractivity contribution in [2.75, 3.05) is 6.54 Å². The number of carbonyl (C=O) groups excluding carboxylic acids is 3. The second-order valence-electron chi connectivity index (χ2n) is 9.73. The average molecular weight is 501 g/mol. The smallest absolute Gasteiger partial charge is 0.194 e. The zero-order valence-electron chi connectivity index (χ0n) is 21.1. The van der Waals surface area contributed by atoms with Crippen molar-refractivity contribution in [1.82, 2.24) is 9.88 Å². The lowest BCUT2D eigenvalue weighted by molar-refractivity contribution is -0.123. The Morgan fingerprint density at radius 3 is 2.57 bits per heavy atom. The molecule has 2 aromatic carbocycles. The number of carbonyl (C=O) groups is 3. The zero-order chi connectivity index (χ0) is 26.6. The molecule has 0 unspecified atom stereocenters. The Morgan fingerprint density at radius 1 is 1.11 bits per heavy atom. The molecule has 2 heterocycles. The van der Waals surface area contributed by atoms with Gasteiger partial charge in [0.1, 0.15) is 34.0 Å².